The molecule has 5 heteroatoms. The average molecular weight is 462 g/mol. The Morgan fingerprint density at radius 3 is 2.03 bits per heavy atom. The molecule has 5 nitrogen and oxygen atoms in total. The number of hydrogen-bond donors (Lipinski definition) is 3. The van der Waals surface area contributed by atoms with E-state index in [0.29, 0.717) is 28.8 Å². The van der Waals surface area contributed by atoms with Crippen molar-refractivity contribution in [3.8, 4) is 0 Å². The van der Waals surface area contributed by atoms with Crippen LogP contribution in [0.4, 0.5) is 11.4 Å². The Balaban J connectivity index is 1.15. The predicted octanol–water partition coefficient (Wildman–Crippen LogP) is 5.84. The lowest BCUT2D eigenvalue weighted by molar-refractivity contribution is 0.101. The minimum absolute atomic E-state index is 0.213. The summed E-state index contributed by atoms with van der Waals surface area (Å²) in [5.41, 5.74) is 4.93. The zero-order valence-electron chi connectivity index (χ0n) is 19.3. The first-order valence-corrected chi connectivity index (χ1v) is 11.8. The van der Waals surface area contributed by atoms with Crippen LogP contribution in [0, 0.1) is 0 Å². The van der Waals surface area contributed by atoms with Crippen LogP contribution in [0.2, 0.25) is 0 Å². The molecule has 3 N–H and O–H groups in total. The first-order valence-electron chi connectivity index (χ1n) is 11.8. The first kappa shape index (κ1) is 22.6. The van der Waals surface area contributed by atoms with Crippen LogP contribution in [0.3, 0.4) is 0 Å². The lowest BCUT2D eigenvalue weighted by atomic mass is 10.1. The van der Waals surface area contributed by atoms with Crippen molar-refractivity contribution in [1.29, 1.82) is 0 Å². The van der Waals surface area contributed by atoms with E-state index in [2.05, 4.69) is 52.3 Å². The van der Waals surface area contributed by atoms with Crippen molar-refractivity contribution in [2.24, 2.45) is 0 Å². The third kappa shape index (κ3) is 5.83. The summed E-state index contributed by atoms with van der Waals surface area (Å²) in [6, 6.07) is 34.9. The highest BCUT2D eigenvalue weighted by atomic mass is 16.2. The van der Waals surface area contributed by atoms with E-state index in [4.69, 9.17) is 0 Å². The van der Waals surface area contributed by atoms with E-state index in [1.54, 1.807) is 36.4 Å². The van der Waals surface area contributed by atoms with Crippen molar-refractivity contribution in [2.45, 2.75) is 24.9 Å². The average Bonchev–Trinajstić information content (AvgIpc) is 3.69. The van der Waals surface area contributed by atoms with Gasteiger partial charge >= 0.3 is 0 Å². The summed E-state index contributed by atoms with van der Waals surface area (Å²) in [6.07, 6.45) is 1.13. The van der Waals surface area contributed by atoms with Gasteiger partial charge in [-0.1, -0.05) is 66.7 Å². The number of nitrogens with one attached hydrogen (secondary N) is 3. The second-order valence-corrected chi connectivity index (χ2v) is 8.79. The van der Waals surface area contributed by atoms with Crippen LogP contribution >= 0.6 is 0 Å². The minimum Gasteiger partial charge on any atom is -0.322 e. The van der Waals surface area contributed by atoms with Gasteiger partial charge in [-0.15, -0.1) is 0 Å². The molecule has 0 spiro atoms. The van der Waals surface area contributed by atoms with Gasteiger partial charge in [0.25, 0.3) is 11.8 Å². The third-order valence-electron chi connectivity index (χ3n) is 6.22. The lowest BCUT2D eigenvalue weighted by Gasteiger charge is -2.09. The molecule has 35 heavy (non-hydrogen) atoms. The summed E-state index contributed by atoms with van der Waals surface area (Å²) in [6.45, 7) is 0.876. The van der Waals surface area contributed by atoms with Crippen LogP contribution in [0.5, 0.6) is 0 Å². The van der Waals surface area contributed by atoms with E-state index >= 15 is 0 Å². The van der Waals surface area contributed by atoms with Gasteiger partial charge in [0.15, 0.2) is 0 Å². The van der Waals surface area contributed by atoms with E-state index < -0.39 is 0 Å². The van der Waals surface area contributed by atoms with Crippen molar-refractivity contribution in [1.82, 2.24) is 5.32 Å². The van der Waals surface area contributed by atoms with Crippen molar-refractivity contribution >= 4 is 23.2 Å². The van der Waals surface area contributed by atoms with E-state index in [-0.39, 0.29) is 11.8 Å². The smallest absolute Gasteiger partial charge is 0.255 e. The number of amides is 2. The molecule has 4 aromatic carbocycles. The summed E-state index contributed by atoms with van der Waals surface area (Å²) in [5.74, 6) is 0.0751. The van der Waals surface area contributed by atoms with Crippen molar-refractivity contribution in [3.05, 3.63) is 131 Å². The van der Waals surface area contributed by atoms with Crippen LogP contribution < -0.4 is 16.0 Å². The van der Waals surface area contributed by atoms with Crippen LogP contribution in [-0.4, -0.2) is 17.9 Å². The Bertz CT molecular complexity index is 1300. The standard InChI is InChI=1S/C30H27N3O2/c34-29(23-10-5-2-6-11-23)33-26-13-7-12-24(18-26)30(35)32-25-16-14-22(15-17-25)27-19-28(27)31-20-21-8-3-1-4-9-21/h1-18,27-28,31H,19-20H2,(H,32,35)(H,33,34)/t27-,28+/m0/s1. The maximum absolute atomic E-state index is 12.8. The highest BCUT2D eigenvalue weighted by molar-refractivity contribution is 6.07. The van der Waals surface area contributed by atoms with Crippen molar-refractivity contribution in [2.75, 3.05) is 10.6 Å². The molecular formula is C30H27N3O2. The van der Waals surface area contributed by atoms with E-state index in [9.17, 15) is 9.59 Å². The van der Waals surface area contributed by atoms with E-state index in [1.807, 2.05) is 36.4 Å². The fourth-order valence-electron chi connectivity index (χ4n) is 4.18. The van der Waals surface area contributed by atoms with Crippen LogP contribution in [-0.2, 0) is 6.54 Å². The molecule has 0 radical (unpaired) electrons. The fraction of sp³-hybridized carbons (Fsp3) is 0.133. The molecule has 4 aromatic rings. The molecule has 2 amide bonds. The third-order valence-corrected chi connectivity index (χ3v) is 6.22. The highest BCUT2D eigenvalue weighted by Crippen LogP contribution is 2.41. The first-order chi connectivity index (χ1) is 17.2. The molecule has 5 rings (SSSR count). The normalized spacial score (nSPS) is 16.3. The molecule has 1 aliphatic rings. The lowest BCUT2D eigenvalue weighted by Crippen LogP contribution is -2.17. The number of rotatable bonds is 8. The second kappa shape index (κ2) is 10.4. The van der Waals surface area contributed by atoms with Gasteiger partial charge in [0.2, 0.25) is 0 Å². The number of hydrogen-bond acceptors (Lipinski definition) is 3. The Morgan fingerprint density at radius 1 is 0.657 bits per heavy atom. The molecule has 0 unspecified atom stereocenters. The maximum atomic E-state index is 12.8. The predicted molar refractivity (Wildman–Crippen MR) is 140 cm³/mol. The maximum Gasteiger partial charge on any atom is 0.255 e. The number of anilines is 2. The largest absolute Gasteiger partial charge is 0.322 e. The molecule has 0 aromatic heterocycles. The van der Waals surface area contributed by atoms with Crippen molar-refractivity contribution in [3.63, 3.8) is 0 Å². The monoisotopic (exact) mass is 461 g/mol. The summed E-state index contributed by atoms with van der Waals surface area (Å²) in [7, 11) is 0. The molecule has 0 aliphatic heterocycles. The summed E-state index contributed by atoms with van der Waals surface area (Å²) in [4.78, 5) is 25.2. The van der Waals surface area contributed by atoms with Gasteiger partial charge in [-0.3, -0.25) is 9.59 Å². The van der Waals surface area contributed by atoms with Gasteiger partial charge in [0, 0.05) is 41.0 Å². The summed E-state index contributed by atoms with van der Waals surface area (Å²) >= 11 is 0. The molecule has 1 aliphatic carbocycles. The van der Waals surface area contributed by atoms with E-state index in [0.717, 1.165) is 18.7 Å². The molecule has 174 valence electrons. The molecule has 1 saturated carbocycles. The second-order valence-electron chi connectivity index (χ2n) is 8.79. The number of carbonyl (C=O) groups is 2. The van der Waals surface area contributed by atoms with Crippen LogP contribution in [0.15, 0.2) is 109 Å². The zero-order valence-corrected chi connectivity index (χ0v) is 19.3. The number of benzene rings is 4. The quantitative estimate of drug-likeness (QED) is 0.309. The molecular weight excluding hydrogens is 434 g/mol. The summed E-state index contributed by atoms with van der Waals surface area (Å²) in [5, 5.41) is 9.41. The van der Waals surface area contributed by atoms with Crippen LogP contribution in [0.25, 0.3) is 0 Å². The van der Waals surface area contributed by atoms with Gasteiger partial charge in [-0.25, -0.2) is 0 Å². The zero-order chi connectivity index (χ0) is 24.0. The van der Waals surface area contributed by atoms with Crippen molar-refractivity contribution < 1.29 is 9.59 Å². The van der Waals surface area contributed by atoms with Crippen LogP contribution in [0.1, 0.15) is 44.2 Å². The number of carbonyl (C=O) groups excluding carboxylic acids is 2. The topological polar surface area (TPSA) is 70.2 Å². The van der Waals surface area contributed by atoms with Gasteiger partial charge in [0.1, 0.15) is 0 Å². The Labute approximate surface area is 205 Å². The molecule has 2 atom stereocenters. The molecule has 1 fully saturated rings. The van der Waals surface area contributed by atoms with Gasteiger partial charge in [-0.05, 0) is 60.0 Å². The molecule has 0 bridgehead atoms. The van der Waals surface area contributed by atoms with Gasteiger partial charge < -0.3 is 16.0 Å². The van der Waals surface area contributed by atoms with Gasteiger partial charge in [0.05, 0.1) is 0 Å². The van der Waals surface area contributed by atoms with Gasteiger partial charge in [-0.2, -0.15) is 0 Å². The Hall–Kier alpha value is -4.22. The highest BCUT2D eigenvalue weighted by Gasteiger charge is 2.37. The van der Waals surface area contributed by atoms with E-state index in [1.165, 1.54) is 11.1 Å². The minimum atomic E-state index is -0.220. The Morgan fingerprint density at radius 2 is 1.29 bits per heavy atom. The SMILES string of the molecule is O=C(Nc1cccc(C(=O)Nc2ccc([C@@H]3C[C@H]3NCc3ccccc3)cc2)c1)c1ccccc1. The Kier molecular flexibility index (Phi) is 6.68. The summed E-state index contributed by atoms with van der Waals surface area (Å²) < 4.78 is 0. The molecule has 0 heterocycles. The fourth-order valence-corrected chi connectivity index (χ4v) is 4.18. The molecule has 0 saturated heterocycles.